The fourth-order valence-electron chi connectivity index (χ4n) is 10.8. The molecular formula is C67H92F3N7O9. The van der Waals surface area contributed by atoms with Crippen molar-refractivity contribution in [1.29, 1.82) is 0 Å². The second-order valence-electron chi connectivity index (χ2n) is 27.2. The third-order valence-electron chi connectivity index (χ3n) is 15.4. The third-order valence-corrected chi connectivity index (χ3v) is 15.4. The van der Waals surface area contributed by atoms with Crippen molar-refractivity contribution in [3.05, 3.63) is 156 Å². The Hall–Kier alpha value is -7.09. The summed E-state index contributed by atoms with van der Waals surface area (Å²) >= 11 is 0. The summed E-state index contributed by atoms with van der Waals surface area (Å²) < 4.78 is 46.0. The predicted octanol–water partition coefficient (Wildman–Crippen LogP) is 15.9. The number of anilines is 3. The molecule has 3 N–H and O–H groups in total. The molecule has 7 rings (SSSR count). The summed E-state index contributed by atoms with van der Waals surface area (Å²) in [7, 11) is 0. The van der Waals surface area contributed by atoms with Crippen molar-refractivity contribution in [2.45, 2.75) is 201 Å². The standard InChI is InChI=1S/C27H34F2N2O4.C20H29N3O2.C11H9FN2O2.C9H20O/c1-18(2)15-31(16-26(3,4)34)24-9-7-20(27(35-17-32)10-5-11-27)13-23(24)30-25(33)12-19-6-8-21(28)14-22(19)29;1-15(2)13-22(14-19(3,4)5)17-9-8-16(12-18(17)23(24)25)20(21-6)10-7-11-20;1-13-11(5-2-6-11)8-3-4-9(12)10(7-8)14(15)16;1-8(2)6-5-7-9(3,4)10/h6-9,13-14,17-18,34H,5,10-12,15-16H2,1-4H3,(H,30,33);8-9,12,15H,7,10-11,13-14H2,1-5H3;3-4,7H,2,5-6H2;8,10H,5-7H2,1-4H3. The van der Waals surface area contributed by atoms with Crippen LogP contribution in [0.4, 0.5) is 41.6 Å². The van der Waals surface area contributed by atoms with Gasteiger partial charge in [-0.2, -0.15) is 4.39 Å². The molecule has 0 unspecified atom stereocenters. The van der Waals surface area contributed by atoms with E-state index in [4.69, 9.17) is 17.9 Å². The molecule has 86 heavy (non-hydrogen) atoms. The lowest BCUT2D eigenvalue weighted by Gasteiger charge is -2.41. The molecule has 3 saturated carbocycles. The molecule has 3 aliphatic rings. The Kier molecular flexibility index (Phi) is 25.3. The maximum atomic E-state index is 14.1. The number of nitrogens with one attached hydrogen (secondary N) is 1. The van der Waals surface area contributed by atoms with E-state index in [1.165, 1.54) is 24.6 Å². The number of hydrogen-bond donors (Lipinski definition) is 3. The molecule has 0 saturated heterocycles. The van der Waals surface area contributed by atoms with Gasteiger partial charge in [0.15, 0.2) is 0 Å². The van der Waals surface area contributed by atoms with Crippen LogP contribution in [0.1, 0.15) is 189 Å². The predicted molar refractivity (Wildman–Crippen MR) is 333 cm³/mol. The van der Waals surface area contributed by atoms with Crippen LogP contribution in [0.2, 0.25) is 0 Å². The van der Waals surface area contributed by atoms with Crippen LogP contribution < -0.4 is 15.1 Å². The molecule has 4 aromatic rings. The van der Waals surface area contributed by atoms with E-state index in [0.717, 1.165) is 93.3 Å². The molecule has 3 aliphatic carbocycles. The zero-order valence-electron chi connectivity index (χ0n) is 52.8. The number of nitro groups is 2. The smallest absolute Gasteiger partial charge is 0.305 e. The molecule has 1 amide bonds. The summed E-state index contributed by atoms with van der Waals surface area (Å²) in [6.07, 6.45) is 10.2. The summed E-state index contributed by atoms with van der Waals surface area (Å²) in [4.78, 5) is 56.8. The van der Waals surface area contributed by atoms with E-state index in [2.05, 4.69) is 82.2 Å². The van der Waals surface area contributed by atoms with Gasteiger partial charge >= 0.3 is 5.69 Å². The summed E-state index contributed by atoms with van der Waals surface area (Å²) in [5.41, 5.74) is 0.236. The van der Waals surface area contributed by atoms with Gasteiger partial charge in [-0.1, -0.05) is 87.3 Å². The average molecular weight is 1200 g/mol. The summed E-state index contributed by atoms with van der Waals surface area (Å²) in [5, 5.41) is 45.1. The lowest BCUT2D eigenvalue weighted by Crippen LogP contribution is -2.41. The van der Waals surface area contributed by atoms with E-state index in [9.17, 15) is 53.2 Å². The summed E-state index contributed by atoms with van der Waals surface area (Å²) in [6, 6.07) is 17.8. The van der Waals surface area contributed by atoms with Crippen LogP contribution in [0.5, 0.6) is 0 Å². The number of nitro benzene ring substituents is 2. The second-order valence-corrected chi connectivity index (χ2v) is 27.2. The summed E-state index contributed by atoms with van der Waals surface area (Å²) in [6.45, 7) is 43.9. The normalized spacial score (nSPS) is 15.4. The Bertz CT molecular complexity index is 3030. The zero-order valence-corrected chi connectivity index (χ0v) is 52.8. The van der Waals surface area contributed by atoms with Crippen LogP contribution in [0.3, 0.4) is 0 Å². The van der Waals surface area contributed by atoms with Crippen molar-refractivity contribution in [2.24, 2.45) is 23.2 Å². The molecule has 0 radical (unpaired) electrons. The highest BCUT2D eigenvalue weighted by atomic mass is 19.1. The van der Waals surface area contributed by atoms with Crippen molar-refractivity contribution >= 4 is 40.8 Å². The van der Waals surface area contributed by atoms with E-state index in [-0.39, 0.29) is 33.9 Å². The van der Waals surface area contributed by atoms with Crippen LogP contribution in [0.25, 0.3) is 9.69 Å². The lowest BCUT2D eigenvalue weighted by molar-refractivity contribution is -0.387. The van der Waals surface area contributed by atoms with E-state index in [0.29, 0.717) is 73.8 Å². The van der Waals surface area contributed by atoms with Gasteiger partial charge in [-0.15, -0.1) is 0 Å². The van der Waals surface area contributed by atoms with Crippen molar-refractivity contribution in [1.82, 2.24) is 0 Å². The zero-order chi connectivity index (χ0) is 64.6. The molecule has 0 bridgehead atoms. The highest BCUT2D eigenvalue weighted by Gasteiger charge is 2.48. The Morgan fingerprint density at radius 3 is 1.59 bits per heavy atom. The number of halogens is 3. The molecule has 470 valence electrons. The Labute approximate surface area is 507 Å². The molecule has 4 aromatic carbocycles. The second kappa shape index (κ2) is 30.5. The Balaban J connectivity index is 0.000000269. The number of nitrogens with zero attached hydrogens (tertiary/aromatic N) is 6. The molecular weight excluding hydrogens is 1100 g/mol. The SMILES string of the molecule is CC(C)CCCC(C)(C)O.CC(C)CN(CC(C)(C)O)c1ccc(C2(OC=O)CCC2)cc1NC(=O)Cc1ccc(F)cc1F.[C-]#[N+]C1(c2ccc(F)c([N+](=O)[O-])c2)CCC1.[C-]#[N+]C1(c2ccc(N(CC(C)C)CC(C)(C)C)c([N+](=O)[O-])c2)CCC1. The van der Waals surface area contributed by atoms with Gasteiger partial charge in [-0.05, 0) is 143 Å². The van der Waals surface area contributed by atoms with Crippen LogP contribution in [-0.4, -0.2) is 69.8 Å². The van der Waals surface area contributed by atoms with Gasteiger partial charge in [0.2, 0.25) is 11.7 Å². The maximum Gasteiger partial charge on any atom is 0.305 e. The van der Waals surface area contributed by atoms with Gasteiger partial charge in [0.1, 0.15) is 22.9 Å². The number of rotatable bonds is 23. The van der Waals surface area contributed by atoms with Gasteiger partial charge in [-0.3, -0.25) is 29.8 Å². The van der Waals surface area contributed by atoms with Crippen molar-refractivity contribution in [2.75, 3.05) is 41.3 Å². The topological polar surface area (TPSA) is 197 Å². The molecule has 19 heteroatoms. The quantitative estimate of drug-likeness (QED) is 0.0276. The highest BCUT2D eigenvalue weighted by Crippen LogP contribution is 2.49. The lowest BCUT2D eigenvalue weighted by atomic mass is 9.72. The van der Waals surface area contributed by atoms with E-state index < -0.39 is 61.9 Å². The van der Waals surface area contributed by atoms with Crippen LogP contribution >= 0.6 is 0 Å². The van der Waals surface area contributed by atoms with Gasteiger partial charge in [0, 0.05) is 81.2 Å². The molecule has 0 aromatic heterocycles. The van der Waals surface area contributed by atoms with Crippen LogP contribution in [0, 0.1) is 74.0 Å². The molecule has 16 nitrogen and oxygen atoms in total. The first-order chi connectivity index (χ1) is 40.0. The molecule has 0 spiro atoms. The fraction of sp³-hybridized carbons (Fsp3) is 0.582. The van der Waals surface area contributed by atoms with Gasteiger partial charge in [0.05, 0.1) is 38.8 Å². The number of carbonyl (C=O) groups is 2. The monoisotopic (exact) mass is 1200 g/mol. The number of aliphatic hydroxyl groups is 2. The van der Waals surface area contributed by atoms with Crippen LogP contribution in [0.15, 0.2) is 72.8 Å². The van der Waals surface area contributed by atoms with Crippen LogP contribution in [-0.2, 0) is 37.4 Å². The third kappa shape index (κ3) is 20.8. The van der Waals surface area contributed by atoms with Gasteiger partial charge in [0.25, 0.3) is 23.2 Å². The number of hydrogen-bond acceptors (Lipinski definition) is 11. The summed E-state index contributed by atoms with van der Waals surface area (Å²) in [5.74, 6) is -1.38. The maximum absolute atomic E-state index is 14.1. The minimum atomic E-state index is -0.998. The van der Waals surface area contributed by atoms with Gasteiger partial charge in [-0.25, -0.2) is 21.9 Å². The van der Waals surface area contributed by atoms with E-state index in [1.807, 2.05) is 43.0 Å². The molecule has 0 heterocycles. The van der Waals surface area contributed by atoms with Gasteiger partial charge < -0.3 is 39.8 Å². The minimum Gasteiger partial charge on any atom is -0.456 e. The number of carbonyl (C=O) groups excluding carboxylic acids is 2. The first kappa shape index (κ1) is 71.4. The van der Waals surface area contributed by atoms with E-state index in [1.54, 1.807) is 26.0 Å². The largest absolute Gasteiger partial charge is 0.456 e. The number of ether oxygens (including phenoxy) is 1. The molecule has 0 aliphatic heterocycles. The van der Waals surface area contributed by atoms with E-state index >= 15 is 0 Å². The highest BCUT2D eigenvalue weighted by molar-refractivity contribution is 5.96. The fourth-order valence-corrected chi connectivity index (χ4v) is 10.8. The Morgan fingerprint density at radius 1 is 0.674 bits per heavy atom. The first-order valence-electron chi connectivity index (χ1n) is 30.0. The first-order valence-corrected chi connectivity index (χ1v) is 30.0. The van der Waals surface area contributed by atoms with Crippen molar-refractivity contribution in [3.63, 3.8) is 0 Å². The number of amides is 1. The minimum absolute atomic E-state index is 0.0349. The van der Waals surface area contributed by atoms with Crippen molar-refractivity contribution in [3.8, 4) is 0 Å². The molecule has 0 atom stereocenters. The van der Waals surface area contributed by atoms with Crippen molar-refractivity contribution < 1.29 is 47.6 Å². The number of benzene rings is 4. The molecule has 3 fully saturated rings. The average Bonchev–Trinajstić information content (AvgIpc) is 0.947. The Morgan fingerprint density at radius 2 is 1.17 bits per heavy atom.